The predicted molar refractivity (Wildman–Crippen MR) is 53.9 cm³/mol. The number of hydrogen-bond acceptors (Lipinski definition) is 4. The molecular weight excluding hydrogens is 180 g/mol. The second-order valence-electron chi connectivity index (χ2n) is 3.39. The number of rotatable bonds is 3. The van der Waals surface area contributed by atoms with Crippen LogP contribution in [0, 0.1) is 0 Å². The van der Waals surface area contributed by atoms with Crippen molar-refractivity contribution in [2.24, 2.45) is 0 Å². The first-order valence-electron chi connectivity index (χ1n) is 4.46. The topological polar surface area (TPSA) is 76.2 Å². The molecule has 0 spiro atoms. The number of nitrogens with two attached hydrogens (primary N) is 1. The summed E-state index contributed by atoms with van der Waals surface area (Å²) in [5, 5.41) is 9.74. The van der Waals surface area contributed by atoms with Gasteiger partial charge in [-0.3, -0.25) is 4.79 Å². The van der Waals surface area contributed by atoms with Crippen LogP contribution in [0.25, 0.3) is 0 Å². The van der Waals surface area contributed by atoms with E-state index in [0.717, 1.165) is 0 Å². The molecule has 1 aromatic rings. The van der Waals surface area contributed by atoms with Gasteiger partial charge in [-0.1, -0.05) is 6.92 Å². The minimum atomic E-state index is -1.36. The Balaban J connectivity index is 3.07. The zero-order chi connectivity index (χ0) is 10.8. The second kappa shape index (κ2) is 3.75. The Kier molecular flexibility index (Phi) is 2.86. The molecule has 0 amide bonds. The van der Waals surface area contributed by atoms with Gasteiger partial charge in [0, 0.05) is 6.20 Å². The van der Waals surface area contributed by atoms with Crippen LogP contribution in [0.2, 0.25) is 0 Å². The van der Waals surface area contributed by atoms with Gasteiger partial charge >= 0.3 is 0 Å². The van der Waals surface area contributed by atoms with E-state index in [1.165, 1.54) is 13.1 Å². The van der Waals surface area contributed by atoms with Gasteiger partial charge in [0.05, 0.1) is 5.56 Å². The summed E-state index contributed by atoms with van der Waals surface area (Å²) >= 11 is 0. The Labute approximate surface area is 82.8 Å². The molecule has 4 heteroatoms. The Hall–Kier alpha value is -1.42. The lowest BCUT2D eigenvalue weighted by Gasteiger charge is -2.19. The molecule has 0 fully saturated rings. The number of pyridine rings is 1. The van der Waals surface area contributed by atoms with Crippen molar-refractivity contribution < 1.29 is 9.90 Å². The molecule has 3 N–H and O–H groups in total. The molecule has 0 aliphatic heterocycles. The molecule has 1 unspecified atom stereocenters. The zero-order valence-electron chi connectivity index (χ0n) is 8.32. The van der Waals surface area contributed by atoms with E-state index in [4.69, 9.17) is 5.73 Å². The van der Waals surface area contributed by atoms with Gasteiger partial charge in [0.2, 0.25) is 0 Å². The number of Topliss-reactive ketones (excluding diaryl/α,β-unsaturated/α-hetero) is 1. The smallest absolute Gasteiger partial charge is 0.197 e. The molecule has 0 aliphatic carbocycles. The van der Waals surface area contributed by atoms with E-state index < -0.39 is 5.60 Å². The van der Waals surface area contributed by atoms with E-state index in [0.29, 0.717) is 6.42 Å². The average molecular weight is 194 g/mol. The summed E-state index contributed by atoms with van der Waals surface area (Å²) in [5.41, 5.74) is 4.44. The third kappa shape index (κ3) is 1.90. The molecule has 76 valence electrons. The summed E-state index contributed by atoms with van der Waals surface area (Å²) in [7, 11) is 0. The Morgan fingerprint density at radius 2 is 2.36 bits per heavy atom. The molecule has 4 nitrogen and oxygen atoms in total. The Morgan fingerprint density at radius 3 is 2.86 bits per heavy atom. The third-order valence-electron chi connectivity index (χ3n) is 2.26. The maximum Gasteiger partial charge on any atom is 0.197 e. The van der Waals surface area contributed by atoms with Crippen LogP contribution < -0.4 is 5.73 Å². The van der Waals surface area contributed by atoms with E-state index in [-0.39, 0.29) is 17.2 Å². The number of nitrogen functional groups attached to an aromatic ring is 1. The SMILES string of the molecule is CCC(C)(O)C(=O)c1cccnc1N. The molecule has 0 bridgehead atoms. The standard InChI is InChI=1S/C10H14N2O2/c1-3-10(2,14)8(13)7-5-4-6-12-9(7)11/h4-6,14H,3H2,1-2H3,(H2,11,12). The minimum absolute atomic E-state index is 0.159. The molecule has 1 aromatic heterocycles. The summed E-state index contributed by atoms with van der Waals surface area (Å²) in [4.78, 5) is 15.5. The summed E-state index contributed by atoms with van der Waals surface area (Å²) in [6.07, 6.45) is 1.85. The van der Waals surface area contributed by atoms with Crippen molar-refractivity contribution in [1.82, 2.24) is 4.98 Å². The number of hydrogen-bond donors (Lipinski definition) is 2. The molecule has 1 rings (SSSR count). The van der Waals surface area contributed by atoms with Gasteiger partial charge in [0.1, 0.15) is 11.4 Å². The van der Waals surface area contributed by atoms with Crippen molar-refractivity contribution in [2.75, 3.05) is 5.73 Å². The van der Waals surface area contributed by atoms with Crippen molar-refractivity contribution >= 4 is 11.6 Å². The first-order valence-corrected chi connectivity index (χ1v) is 4.46. The highest BCUT2D eigenvalue weighted by atomic mass is 16.3. The van der Waals surface area contributed by atoms with E-state index in [1.807, 2.05) is 0 Å². The van der Waals surface area contributed by atoms with E-state index in [9.17, 15) is 9.90 Å². The van der Waals surface area contributed by atoms with Crippen LogP contribution in [0.15, 0.2) is 18.3 Å². The second-order valence-corrected chi connectivity index (χ2v) is 3.39. The summed E-state index contributed by atoms with van der Waals surface area (Å²) < 4.78 is 0. The molecule has 0 aromatic carbocycles. The van der Waals surface area contributed by atoms with Crippen LogP contribution in [0.1, 0.15) is 30.6 Å². The maximum atomic E-state index is 11.7. The molecule has 0 radical (unpaired) electrons. The first-order chi connectivity index (χ1) is 6.49. The van der Waals surface area contributed by atoms with Gasteiger partial charge in [-0.05, 0) is 25.5 Å². The van der Waals surface area contributed by atoms with Crippen LogP contribution in [0.3, 0.4) is 0 Å². The normalized spacial score (nSPS) is 14.8. The van der Waals surface area contributed by atoms with Crippen molar-refractivity contribution in [3.63, 3.8) is 0 Å². The third-order valence-corrected chi connectivity index (χ3v) is 2.26. The van der Waals surface area contributed by atoms with Gasteiger partial charge < -0.3 is 10.8 Å². The fourth-order valence-electron chi connectivity index (χ4n) is 1.06. The van der Waals surface area contributed by atoms with Gasteiger partial charge in [-0.25, -0.2) is 4.98 Å². The summed E-state index contributed by atoms with van der Waals surface area (Å²) in [6.45, 7) is 3.21. The Morgan fingerprint density at radius 1 is 1.71 bits per heavy atom. The van der Waals surface area contributed by atoms with Crippen molar-refractivity contribution in [3.05, 3.63) is 23.9 Å². The highest BCUT2D eigenvalue weighted by Gasteiger charge is 2.30. The number of nitrogens with zero attached hydrogens (tertiary/aromatic N) is 1. The van der Waals surface area contributed by atoms with Crippen LogP contribution in [-0.2, 0) is 0 Å². The number of ketones is 1. The largest absolute Gasteiger partial charge is 0.383 e. The average Bonchev–Trinajstić information content (AvgIpc) is 2.17. The highest BCUT2D eigenvalue weighted by Crippen LogP contribution is 2.19. The number of carbonyl (C=O) groups is 1. The lowest BCUT2D eigenvalue weighted by molar-refractivity contribution is 0.0391. The van der Waals surface area contributed by atoms with Gasteiger partial charge in [0.25, 0.3) is 0 Å². The molecular formula is C10H14N2O2. The number of carbonyl (C=O) groups excluding carboxylic acids is 1. The number of aliphatic hydroxyl groups is 1. The maximum absolute atomic E-state index is 11.7. The van der Waals surface area contributed by atoms with Crippen molar-refractivity contribution in [1.29, 1.82) is 0 Å². The summed E-state index contributed by atoms with van der Waals surface area (Å²) in [6, 6.07) is 3.18. The quantitative estimate of drug-likeness (QED) is 0.704. The molecule has 0 saturated carbocycles. The first kappa shape index (κ1) is 10.7. The van der Waals surface area contributed by atoms with E-state index in [1.54, 1.807) is 19.1 Å². The predicted octanol–water partition coefficient (Wildman–Crippen LogP) is 1.01. The van der Waals surface area contributed by atoms with Gasteiger partial charge in [-0.15, -0.1) is 0 Å². The van der Waals surface area contributed by atoms with Crippen molar-refractivity contribution in [3.8, 4) is 0 Å². The van der Waals surface area contributed by atoms with Crippen molar-refractivity contribution in [2.45, 2.75) is 25.9 Å². The molecule has 1 atom stereocenters. The fraction of sp³-hybridized carbons (Fsp3) is 0.400. The molecule has 14 heavy (non-hydrogen) atoms. The molecule has 1 heterocycles. The number of anilines is 1. The highest BCUT2D eigenvalue weighted by molar-refractivity contribution is 6.05. The van der Waals surface area contributed by atoms with Crippen LogP contribution in [0.4, 0.5) is 5.82 Å². The van der Waals surface area contributed by atoms with Gasteiger partial charge in [0.15, 0.2) is 5.78 Å². The monoisotopic (exact) mass is 194 g/mol. The van der Waals surface area contributed by atoms with Crippen LogP contribution in [-0.4, -0.2) is 21.5 Å². The number of aromatic nitrogens is 1. The van der Waals surface area contributed by atoms with Crippen LogP contribution >= 0.6 is 0 Å². The lowest BCUT2D eigenvalue weighted by Crippen LogP contribution is -2.34. The van der Waals surface area contributed by atoms with E-state index in [2.05, 4.69) is 4.98 Å². The minimum Gasteiger partial charge on any atom is -0.383 e. The Bertz CT molecular complexity index is 348. The van der Waals surface area contributed by atoms with Crippen LogP contribution in [0.5, 0.6) is 0 Å². The molecule has 0 saturated heterocycles. The van der Waals surface area contributed by atoms with E-state index >= 15 is 0 Å². The lowest BCUT2D eigenvalue weighted by atomic mass is 9.93. The zero-order valence-corrected chi connectivity index (χ0v) is 8.32. The van der Waals surface area contributed by atoms with Gasteiger partial charge in [-0.2, -0.15) is 0 Å². The molecule has 0 aliphatic rings. The summed E-state index contributed by atoms with van der Waals surface area (Å²) in [5.74, 6) is -0.225. The fourth-order valence-corrected chi connectivity index (χ4v) is 1.06.